The summed E-state index contributed by atoms with van der Waals surface area (Å²) >= 11 is 0. The molecule has 0 bridgehead atoms. The van der Waals surface area contributed by atoms with Gasteiger partial charge in [0.2, 0.25) is 5.91 Å². The first-order valence-electron chi connectivity index (χ1n) is 8.57. The van der Waals surface area contributed by atoms with Gasteiger partial charge in [-0.3, -0.25) is 4.79 Å². The maximum atomic E-state index is 12.7. The van der Waals surface area contributed by atoms with Gasteiger partial charge in [0.1, 0.15) is 11.5 Å². The fourth-order valence-electron chi connectivity index (χ4n) is 2.66. The summed E-state index contributed by atoms with van der Waals surface area (Å²) in [6.45, 7) is -0.0231. The molecule has 2 N–H and O–H groups in total. The Balaban J connectivity index is 1.89. The summed E-state index contributed by atoms with van der Waals surface area (Å²) < 4.78 is 48.5. The summed E-state index contributed by atoms with van der Waals surface area (Å²) in [6.07, 6.45) is -5.21. The minimum atomic E-state index is -4.43. The Morgan fingerprint density at radius 1 is 1.14 bits per heavy atom. The first-order valence-corrected chi connectivity index (χ1v) is 8.57. The van der Waals surface area contributed by atoms with E-state index in [2.05, 4.69) is 5.32 Å². The predicted molar refractivity (Wildman–Crippen MR) is 97.0 cm³/mol. The van der Waals surface area contributed by atoms with E-state index in [1.165, 1.54) is 26.4 Å². The second kappa shape index (κ2) is 9.45. The summed E-state index contributed by atoms with van der Waals surface area (Å²) in [5.74, 6) is 0.645. The highest BCUT2D eigenvalue weighted by Gasteiger charge is 2.30. The van der Waals surface area contributed by atoms with Crippen LogP contribution in [0.15, 0.2) is 42.5 Å². The zero-order chi connectivity index (χ0) is 20.7. The van der Waals surface area contributed by atoms with Crippen molar-refractivity contribution in [3.05, 3.63) is 59.2 Å². The van der Waals surface area contributed by atoms with Crippen molar-refractivity contribution in [3.63, 3.8) is 0 Å². The smallest absolute Gasteiger partial charge is 0.416 e. The number of hydrogen-bond acceptors (Lipinski definition) is 4. The van der Waals surface area contributed by atoms with Crippen LogP contribution in [0.1, 0.15) is 35.6 Å². The van der Waals surface area contributed by atoms with Gasteiger partial charge < -0.3 is 19.9 Å². The highest BCUT2D eigenvalue weighted by Crippen LogP contribution is 2.32. The maximum absolute atomic E-state index is 12.7. The van der Waals surface area contributed by atoms with Gasteiger partial charge in [-0.15, -0.1) is 0 Å². The molecule has 28 heavy (non-hydrogen) atoms. The van der Waals surface area contributed by atoms with Gasteiger partial charge in [0.05, 0.1) is 25.9 Å². The van der Waals surface area contributed by atoms with E-state index < -0.39 is 17.8 Å². The Morgan fingerprint density at radius 3 is 2.54 bits per heavy atom. The third-order valence-corrected chi connectivity index (χ3v) is 4.19. The maximum Gasteiger partial charge on any atom is 0.416 e. The van der Waals surface area contributed by atoms with Crippen LogP contribution in [0.4, 0.5) is 13.2 Å². The molecule has 0 aliphatic rings. The van der Waals surface area contributed by atoms with Gasteiger partial charge >= 0.3 is 6.18 Å². The van der Waals surface area contributed by atoms with E-state index in [4.69, 9.17) is 9.47 Å². The molecule has 152 valence electrons. The number of benzene rings is 2. The van der Waals surface area contributed by atoms with Crippen LogP contribution in [-0.4, -0.2) is 25.2 Å². The lowest BCUT2D eigenvalue weighted by molar-refractivity contribution is -0.137. The lowest BCUT2D eigenvalue weighted by atomic mass is 10.0. The number of aliphatic hydroxyl groups is 1. The van der Waals surface area contributed by atoms with Crippen molar-refractivity contribution in [2.45, 2.75) is 31.7 Å². The quantitative estimate of drug-likeness (QED) is 0.710. The molecular weight excluding hydrogens is 375 g/mol. The monoisotopic (exact) mass is 397 g/mol. The standard InChI is InChI=1S/C20H22F3NO4/c1-27-15-6-7-16(18(11-15)28-2)17(25)8-9-19(26)24-12-13-4-3-5-14(10-13)20(21,22)23/h3-7,10-11,17,25H,8-9,12H2,1-2H3,(H,24,26). The van der Waals surface area contributed by atoms with Gasteiger partial charge in [-0.2, -0.15) is 13.2 Å². The number of alkyl halides is 3. The van der Waals surface area contributed by atoms with Gasteiger partial charge in [-0.1, -0.05) is 12.1 Å². The number of rotatable bonds is 8. The van der Waals surface area contributed by atoms with Crippen LogP contribution in [-0.2, 0) is 17.5 Å². The van der Waals surface area contributed by atoms with Crippen LogP contribution < -0.4 is 14.8 Å². The third kappa shape index (κ3) is 5.88. The average Bonchev–Trinajstić information content (AvgIpc) is 2.69. The Hall–Kier alpha value is -2.74. The van der Waals surface area contributed by atoms with E-state index in [1.807, 2.05) is 0 Å². The van der Waals surface area contributed by atoms with Crippen LogP contribution in [0.5, 0.6) is 11.5 Å². The molecule has 0 spiro atoms. The highest BCUT2D eigenvalue weighted by atomic mass is 19.4. The van der Waals surface area contributed by atoms with Crippen molar-refractivity contribution in [3.8, 4) is 11.5 Å². The molecule has 1 atom stereocenters. The number of halogens is 3. The van der Waals surface area contributed by atoms with Crippen LogP contribution in [0.3, 0.4) is 0 Å². The molecular formula is C20H22F3NO4. The van der Waals surface area contributed by atoms with Crippen LogP contribution in [0, 0.1) is 0 Å². The number of hydrogen-bond donors (Lipinski definition) is 2. The number of carbonyl (C=O) groups excluding carboxylic acids is 1. The van der Waals surface area contributed by atoms with Crippen LogP contribution in [0.2, 0.25) is 0 Å². The van der Waals surface area contributed by atoms with Crippen molar-refractivity contribution < 1.29 is 32.5 Å². The minimum Gasteiger partial charge on any atom is -0.497 e. The first-order chi connectivity index (χ1) is 13.2. The Labute approximate surface area is 161 Å². The van der Waals surface area contributed by atoms with Crippen LogP contribution >= 0.6 is 0 Å². The number of aliphatic hydroxyl groups excluding tert-OH is 1. The highest BCUT2D eigenvalue weighted by molar-refractivity contribution is 5.75. The largest absolute Gasteiger partial charge is 0.497 e. The molecule has 2 aromatic carbocycles. The molecule has 1 amide bonds. The van der Waals surface area contributed by atoms with E-state index >= 15 is 0 Å². The number of ether oxygens (including phenoxy) is 2. The summed E-state index contributed by atoms with van der Waals surface area (Å²) in [6, 6.07) is 9.74. The lowest BCUT2D eigenvalue weighted by Crippen LogP contribution is -2.23. The summed E-state index contributed by atoms with van der Waals surface area (Å²) in [5, 5.41) is 12.9. The third-order valence-electron chi connectivity index (χ3n) is 4.19. The topological polar surface area (TPSA) is 67.8 Å². The normalized spacial score (nSPS) is 12.4. The fourth-order valence-corrected chi connectivity index (χ4v) is 2.66. The Morgan fingerprint density at radius 2 is 1.89 bits per heavy atom. The van der Waals surface area contributed by atoms with Crippen molar-refractivity contribution >= 4 is 5.91 Å². The summed E-state index contributed by atoms with van der Waals surface area (Å²) in [4.78, 5) is 12.0. The van der Waals surface area contributed by atoms with Crippen molar-refractivity contribution in [2.75, 3.05) is 14.2 Å². The SMILES string of the molecule is COc1ccc(C(O)CCC(=O)NCc2cccc(C(F)(F)F)c2)c(OC)c1. The molecule has 0 aliphatic carbocycles. The first kappa shape index (κ1) is 21.6. The Bertz CT molecular complexity index is 808. The second-order valence-corrected chi connectivity index (χ2v) is 6.14. The van der Waals surface area contributed by atoms with E-state index in [9.17, 15) is 23.1 Å². The molecule has 0 saturated heterocycles. The molecule has 0 radical (unpaired) electrons. The minimum absolute atomic E-state index is 0.00924. The van der Waals surface area contributed by atoms with Gasteiger partial charge in [0, 0.05) is 24.6 Å². The van der Waals surface area contributed by atoms with Crippen molar-refractivity contribution in [1.29, 1.82) is 0 Å². The second-order valence-electron chi connectivity index (χ2n) is 6.14. The zero-order valence-corrected chi connectivity index (χ0v) is 15.5. The molecule has 1 unspecified atom stereocenters. The molecule has 5 nitrogen and oxygen atoms in total. The molecule has 2 rings (SSSR count). The van der Waals surface area contributed by atoms with Crippen LogP contribution in [0.25, 0.3) is 0 Å². The Kier molecular flexibility index (Phi) is 7.28. The fraction of sp³-hybridized carbons (Fsp3) is 0.350. The number of amides is 1. The van der Waals surface area contributed by atoms with E-state index in [1.54, 1.807) is 18.2 Å². The number of methoxy groups -OCH3 is 2. The predicted octanol–water partition coefficient (Wildman–Crippen LogP) is 3.85. The molecule has 8 heteroatoms. The molecule has 2 aromatic rings. The van der Waals surface area contributed by atoms with E-state index in [-0.39, 0.29) is 25.3 Å². The summed E-state index contributed by atoms with van der Waals surface area (Å²) in [5.41, 5.74) is 0.107. The van der Waals surface area contributed by atoms with E-state index in [0.717, 1.165) is 12.1 Å². The number of carbonyl (C=O) groups is 1. The van der Waals surface area contributed by atoms with Gasteiger partial charge in [0.15, 0.2) is 0 Å². The van der Waals surface area contributed by atoms with Gasteiger partial charge in [-0.25, -0.2) is 0 Å². The van der Waals surface area contributed by atoms with Gasteiger partial charge in [0.25, 0.3) is 0 Å². The molecule has 0 aromatic heterocycles. The van der Waals surface area contributed by atoms with Gasteiger partial charge in [-0.05, 0) is 36.2 Å². The lowest BCUT2D eigenvalue weighted by Gasteiger charge is -2.16. The zero-order valence-electron chi connectivity index (χ0n) is 15.5. The number of nitrogens with one attached hydrogen (secondary N) is 1. The molecule has 0 saturated carbocycles. The van der Waals surface area contributed by atoms with Crippen molar-refractivity contribution in [2.24, 2.45) is 0 Å². The average molecular weight is 397 g/mol. The van der Waals surface area contributed by atoms with E-state index in [0.29, 0.717) is 22.6 Å². The van der Waals surface area contributed by atoms with Crippen molar-refractivity contribution in [1.82, 2.24) is 5.32 Å². The summed E-state index contributed by atoms with van der Waals surface area (Å²) in [7, 11) is 2.98. The molecule has 0 aliphatic heterocycles. The molecule has 0 heterocycles. The molecule has 0 fully saturated rings.